The van der Waals surface area contributed by atoms with Gasteiger partial charge >= 0.3 is 0 Å². The van der Waals surface area contributed by atoms with Gasteiger partial charge in [0.05, 0.1) is 11.7 Å². The molecule has 3 rings (SSSR count). The predicted molar refractivity (Wildman–Crippen MR) is 73.2 cm³/mol. The van der Waals surface area contributed by atoms with E-state index in [1.165, 1.54) is 19.3 Å². The van der Waals surface area contributed by atoms with Crippen LogP contribution in [0.4, 0.5) is 5.95 Å². The largest absolute Gasteiger partial charge is 0.369 e. The number of fused-ring (bicyclic) bond motifs is 1. The minimum absolute atomic E-state index is 0.488. The Labute approximate surface area is 107 Å². The van der Waals surface area contributed by atoms with E-state index in [0.717, 1.165) is 17.0 Å². The molecule has 0 radical (unpaired) electrons. The van der Waals surface area contributed by atoms with Gasteiger partial charge in [0.1, 0.15) is 5.52 Å². The quantitative estimate of drug-likeness (QED) is 0.883. The maximum absolute atomic E-state index is 6.11. The topological polar surface area (TPSA) is 56.7 Å². The number of nitrogens with zero attached hydrogens (tertiary/aromatic N) is 3. The van der Waals surface area contributed by atoms with E-state index in [-0.39, 0.29) is 0 Å². The van der Waals surface area contributed by atoms with Crippen molar-refractivity contribution in [2.24, 2.45) is 11.8 Å². The Kier molecular flexibility index (Phi) is 2.73. The molecule has 1 aliphatic carbocycles. The van der Waals surface area contributed by atoms with E-state index in [0.29, 0.717) is 17.9 Å². The van der Waals surface area contributed by atoms with E-state index < -0.39 is 0 Å². The van der Waals surface area contributed by atoms with Crippen molar-refractivity contribution in [3.05, 3.63) is 18.5 Å². The van der Waals surface area contributed by atoms with Crippen LogP contribution >= 0.6 is 0 Å². The van der Waals surface area contributed by atoms with Gasteiger partial charge in [0.25, 0.3) is 0 Å². The second-order valence-corrected chi connectivity index (χ2v) is 5.38. The lowest BCUT2D eigenvalue weighted by molar-refractivity contribution is 0.336. The van der Waals surface area contributed by atoms with Gasteiger partial charge in [0.2, 0.25) is 5.95 Å². The molecule has 4 heteroatoms. The molecule has 1 saturated carbocycles. The van der Waals surface area contributed by atoms with E-state index in [2.05, 4.69) is 28.4 Å². The van der Waals surface area contributed by atoms with Gasteiger partial charge in [-0.1, -0.05) is 20.3 Å². The Morgan fingerprint density at radius 3 is 3.00 bits per heavy atom. The summed E-state index contributed by atoms with van der Waals surface area (Å²) in [5.74, 6) is 2.11. The average Bonchev–Trinajstić information content (AvgIpc) is 2.88. The molecule has 3 unspecified atom stereocenters. The number of hydrogen-bond acceptors (Lipinski definition) is 3. The zero-order valence-electron chi connectivity index (χ0n) is 11.0. The number of nitrogens with two attached hydrogens (primary N) is 1. The van der Waals surface area contributed by atoms with Crippen LogP contribution in [0.1, 0.15) is 39.2 Å². The van der Waals surface area contributed by atoms with Crippen LogP contribution < -0.4 is 5.73 Å². The van der Waals surface area contributed by atoms with Crippen molar-refractivity contribution in [3.8, 4) is 0 Å². The molecule has 0 aliphatic heterocycles. The molecule has 96 valence electrons. The second-order valence-electron chi connectivity index (χ2n) is 5.38. The SMILES string of the molecule is CCC1CCC(n2c(N)nc3cnccc32)C1C. The van der Waals surface area contributed by atoms with Crippen LogP contribution in [0.2, 0.25) is 0 Å². The van der Waals surface area contributed by atoms with E-state index in [1.54, 1.807) is 6.20 Å². The lowest BCUT2D eigenvalue weighted by atomic mass is 9.93. The molecule has 18 heavy (non-hydrogen) atoms. The van der Waals surface area contributed by atoms with Gasteiger partial charge in [0, 0.05) is 12.2 Å². The van der Waals surface area contributed by atoms with Crippen molar-refractivity contribution in [1.29, 1.82) is 0 Å². The monoisotopic (exact) mass is 244 g/mol. The lowest BCUT2D eigenvalue weighted by Crippen LogP contribution is -2.17. The Balaban J connectivity index is 2.07. The van der Waals surface area contributed by atoms with Crippen molar-refractivity contribution in [3.63, 3.8) is 0 Å². The first kappa shape index (κ1) is 11.5. The van der Waals surface area contributed by atoms with Crippen LogP contribution in [-0.4, -0.2) is 14.5 Å². The number of nitrogen functional groups attached to an aromatic ring is 1. The number of rotatable bonds is 2. The lowest BCUT2D eigenvalue weighted by Gasteiger charge is -2.22. The minimum atomic E-state index is 0.488. The van der Waals surface area contributed by atoms with Crippen LogP contribution in [0.3, 0.4) is 0 Å². The molecule has 2 N–H and O–H groups in total. The molecule has 3 atom stereocenters. The second kappa shape index (κ2) is 4.26. The minimum Gasteiger partial charge on any atom is -0.369 e. The number of hydrogen-bond donors (Lipinski definition) is 1. The van der Waals surface area contributed by atoms with Gasteiger partial charge in [-0.25, -0.2) is 4.98 Å². The molecular formula is C14H20N4. The third kappa shape index (κ3) is 1.59. The van der Waals surface area contributed by atoms with Gasteiger partial charge in [-0.05, 0) is 30.7 Å². The molecule has 1 fully saturated rings. The first-order valence-electron chi connectivity index (χ1n) is 6.79. The zero-order chi connectivity index (χ0) is 12.7. The van der Waals surface area contributed by atoms with Crippen molar-refractivity contribution in [2.45, 2.75) is 39.2 Å². The van der Waals surface area contributed by atoms with E-state index >= 15 is 0 Å². The van der Waals surface area contributed by atoms with Crippen LogP contribution in [0.5, 0.6) is 0 Å². The summed E-state index contributed by atoms with van der Waals surface area (Å²) >= 11 is 0. The van der Waals surface area contributed by atoms with E-state index in [4.69, 9.17) is 5.73 Å². The highest BCUT2D eigenvalue weighted by Crippen LogP contribution is 2.43. The van der Waals surface area contributed by atoms with Crippen molar-refractivity contribution >= 4 is 17.0 Å². The van der Waals surface area contributed by atoms with Gasteiger partial charge in [0.15, 0.2) is 0 Å². The highest BCUT2D eigenvalue weighted by molar-refractivity contribution is 5.77. The number of aromatic nitrogens is 3. The van der Waals surface area contributed by atoms with E-state index in [1.807, 2.05) is 12.3 Å². The highest BCUT2D eigenvalue weighted by Gasteiger charge is 2.34. The van der Waals surface area contributed by atoms with Crippen molar-refractivity contribution < 1.29 is 0 Å². The number of anilines is 1. The van der Waals surface area contributed by atoms with Crippen molar-refractivity contribution in [1.82, 2.24) is 14.5 Å². The summed E-state index contributed by atoms with van der Waals surface area (Å²) < 4.78 is 2.22. The fourth-order valence-corrected chi connectivity index (χ4v) is 3.48. The van der Waals surface area contributed by atoms with Crippen LogP contribution in [0.15, 0.2) is 18.5 Å². The van der Waals surface area contributed by atoms with Gasteiger partial charge < -0.3 is 10.3 Å². The third-order valence-electron chi connectivity index (χ3n) is 4.56. The smallest absolute Gasteiger partial charge is 0.201 e. The number of pyridine rings is 1. The van der Waals surface area contributed by atoms with E-state index in [9.17, 15) is 0 Å². The molecule has 2 aromatic rings. The fraction of sp³-hybridized carbons (Fsp3) is 0.571. The predicted octanol–water partition coefficient (Wildman–Crippen LogP) is 3.01. The Morgan fingerprint density at radius 2 is 2.28 bits per heavy atom. The summed E-state index contributed by atoms with van der Waals surface area (Å²) in [6, 6.07) is 2.51. The third-order valence-corrected chi connectivity index (χ3v) is 4.56. The Hall–Kier alpha value is -1.58. The maximum Gasteiger partial charge on any atom is 0.201 e. The molecule has 2 heterocycles. The van der Waals surface area contributed by atoms with Gasteiger partial charge in [-0.15, -0.1) is 0 Å². The van der Waals surface area contributed by atoms with Crippen LogP contribution in [0, 0.1) is 11.8 Å². The van der Waals surface area contributed by atoms with Crippen LogP contribution in [0.25, 0.3) is 11.0 Å². The van der Waals surface area contributed by atoms with Crippen molar-refractivity contribution in [2.75, 3.05) is 5.73 Å². The highest BCUT2D eigenvalue weighted by atomic mass is 15.2. The Bertz CT molecular complexity index is 560. The molecule has 0 spiro atoms. The molecule has 0 bridgehead atoms. The summed E-state index contributed by atoms with van der Waals surface area (Å²) in [5.41, 5.74) is 8.13. The normalized spacial score (nSPS) is 28.0. The molecule has 0 amide bonds. The fourth-order valence-electron chi connectivity index (χ4n) is 3.48. The van der Waals surface area contributed by atoms with Gasteiger partial charge in [-0.3, -0.25) is 4.98 Å². The molecule has 0 aromatic carbocycles. The maximum atomic E-state index is 6.11. The molecule has 4 nitrogen and oxygen atoms in total. The molecule has 1 aliphatic rings. The standard InChI is InChI=1S/C14H20N4/c1-3-10-4-5-12(9(10)2)18-13-6-7-16-8-11(13)17-14(18)15/h6-10,12H,3-5H2,1-2H3,(H2,15,17). The molecule has 0 saturated heterocycles. The average molecular weight is 244 g/mol. The summed E-state index contributed by atoms with van der Waals surface area (Å²) in [6.45, 7) is 4.63. The number of imidazole rings is 1. The first-order valence-corrected chi connectivity index (χ1v) is 6.79. The van der Waals surface area contributed by atoms with Crippen LogP contribution in [-0.2, 0) is 0 Å². The Morgan fingerprint density at radius 1 is 1.44 bits per heavy atom. The molecule has 2 aromatic heterocycles. The zero-order valence-corrected chi connectivity index (χ0v) is 11.0. The van der Waals surface area contributed by atoms with Gasteiger partial charge in [-0.2, -0.15) is 0 Å². The first-order chi connectivity index (χ1) is 8.72. The summed E-state index contributed by atoms with van der Waals surface area (Å²) in [6.07, 6.45) is 7.37. The molecular weight excluding hydrogens is 224 g/mol. The summed E-state index contributed by atoms with van der Waals surface area (Å²) in [5, 5.41) is 0. The summed E-state index contributed by atoms with van der Waals surface area (Å²) in [4.78, 5) is 8.53. The summed E-state index contributed by atoms with van der Waals surface area (Å²) in [7, 11) is 0.